The highest BCUT2D eigenvalue weighted by Crippen LogP contribution is 2.17. The van der Waals surface area contributed by atoms with Crippen LogP contribution in [0.3, 0.4) is 0 Å². The van der Waals surface area contributed by atoms with Crippen LogP contribution in [-0.4, -0.2) is 29.6 Å². The van der Waals surface area contributed by atoms with Gasteiger partial charge in [0.25, 0.3) is 5.91 Å². The Morgan fingerprint density at radius 1 is 1.47 bits per heavy atom. The Hall–Kier alpha value is -2.11. The van der Waals surface area contributed by atoms with Crippen molar-refractivity contribution in [2.24, 2.45) is 0 Å². The molecular formula is C13H16FNO4. The van der Waals surface area contributed by atoms with Gasteiger partial charge in [-0.05, 0) is 31.5 Å². The number of amides is 1. The molecule has 0 radical (unpaired) electrons. The molecule has 0 fully saturated rings. The highest BCUT2D eigenvalue weighted by Gasteiger charge is 2.12. The van der Waals surface area contributed by atoms with Gasteiger partial charge in [-0.15, -0.1) is 0 Å². The summed E-state index contributed by atoms with van der Waals surface area (Å²) in [6.45, 7) is 2.99. The zero-order valence-electron chi connectivity index (χ0n) is 10.8. The van der Waals surface area contributed by atoms with Crippen molar-refractivity contribution in [3.8, 4) is 5.75 Å². The summed E-state index contributed by atoms with van der Waals surface area (Å²) >= 11 is 0. The summed E-state index contributed by atoms with van der Waals surface area (Å²) in [4.78, 5) is 21.9. The van der Waals surface area contributed by atoms with Crippen LogP contribution in [0.1, 0.15) is 18.9 Å². The number of carboxylic acids is 1. The van der Waals surface area contributed by atoms with Gasteiger partial charge in [0.1, 0.15) is 0 Å². The van der Waals surface area contributed by atoms with E-state index in [2.05, 4.69) is 5.32 Å². The van der Waals surface area contributed by atoms with E-state index in [1.165, 1.54) is 12.1 Å². The molecule has 104 valence electrons. The molecule has 1 atom stereocenters. The van der Waals surface area contributed by atoms with Gasteiger partial charge in [0.2, 0.25) is 0 Å². The average Bonchev–Trinajstić information content (AvgIpc) is 2.29. The minimum Gasteiger partial charge on any atom is -0.481 e. The summed E-state index contributed by atoms with van der Waals surface area (Å²) in [6.07, 6.45) is -0.176. The van der Waals surface area contributed by atoms with Gasteiger partial charge in [-0.25, -0.2) is 4.39 Å². The quantitative estimate of drug-likeness (QED) is 0.820. The Labute approximate surface area is 110 Å². The second kappa shape index (κ2) is 6.72. The number of rotatable bonds is 6. The molecule has 1 rings (SSSR count). The van der Waals surface area contributed by atoms with Crippen LogP contribution in [0.2, 0.25) is 0 Å². The van der Waals surface area contributed by atoms with Crippen molar-refractivity contribution in [2.45, 2.75) is 26.3 Å². The summed E-state index contributed by atoms with van der Waals surface area (Å²) in [5, 5.41) is 11.0. The highest BCUT2D eigenvalue weighted by atomic mass is 19.1. The van der Waals surface area contributed by atoms with Crippen molar-refractivity contribution in [1.82, 2.24) is 5.32 Å². The number of halogens is 1. The molecule has 19 heavy (non-hydrogen) atoms. The van der Waals surface area contributed by atoms with Gasteiger partial charge in [0.15, 0.2) is 18.2 Å². The molecule has 2 N–H and O–H groups in total. The van der Waals surface area contributed by atoms with Crippen LogP contribution in [0.15, 0.2) is 18.2 Å². The molecule has 0 aromatic heterocycles. The zero-order valence-corrected chi connectivity index (χ0v) is 10.8. The first-order valence-corrected chi connectivity index (χ1v) is 5.78. The van der Waals surface area contributed by atoms with Gasteiger partial charge < -0.3 is 15.2 Å². The first-order valence-electron chi connectivity index (χ1n) is 5.78. The number of carbonyl (C=O) groups excluding carboxylic acids is 1. The predicted molar refractivity (Wildman–Crippen MR) is 66.5 cm³/mol. The molecule has 0 heterocycles. The average molecular weight is 269 g/mol. The smallest absolute Gasteiger partial charge is 0.305 e. The van der Waals surface area contributed by atoms with E-state index >= 15 is 0 Å². The fourth-order valence-corrected chi connectivity index (χ4v) is 1.49. The summed E-state index contributed by atoms with van der Waals surface area (Å²) < 4.78 is 18.4. The molecule has 0 saturated heterocycles. The number of benzene rings is 1. The van der Waals surface area contributed by atoms with Gasteiger partial charge in [0.05, 0.1) is 6.42 Å². The second-order valence-electron chi connectivity index (χ2n) is 4.29. The van der Waals surface area contributed by atoms with Crippen LogP contribution in [0.25, 0.3) is 0 Å². The van der Waals surface area contributed by atoms with Crippen molar-refractivity contribution < 1.29 is 23.8 Å². The van der Waals surface area contributed by atoms with Crippen LogP contribution in [0, 0.1) is 12.7 Å². The van der Waals surface area contributed by atoms with E-state index < -0.39 is 23.7 Å². The fraction of sp³-hybridized carbons (Fsp3) is 0.385. The molecule has 1 aromatic rings. The first kappa shape index (κ1) is 14.9. The Morgan fingerprint density at radius 2 is 2.16 bits per heavy atom. The van der Waals surface area contributed by atoms with E-state index in [4.69, 9.17) is 9.84 Å². The standard InChI is InChI=1S/C13H16FNO4/c1-8-3-4-10(14)11(5-8)19-7-12(16)15-9(2)6-13(17)18/h3-5,9H,6-7H2,1-2H3,(H,15,16)(H,17,18). The number of hydrogen-bond acceptors (Lipinski definition) is 3. The van der Waals surface area contributed by atoms with Crippen molar-refractivity contribution in [3.63, 3.8) is 0 Å². The topological polar surface area (TPSA) is 75.6 Å². The lowest BCUT2D eigenvalue weighted by Crippen LogP contribution is -2.37. The summed E-state index contributed by atoms with van der Waals surface area (Å²) in [5.41, 5.74) is 0.816. The lowest BCUT2D eigenvalue weighted by molar-refractivity contribution is -0.137. The molecule has 0 aliphatic carbocycles. The molecule has 0 aliphatic heterocycles. The maximum absolute atomic E-state index is 13.3. The van der Waals surface area contributed by atoms with Gasteiger partial charge in [-0.3, -0.25) is 9.59 Å². The Balaban J connectivity index is 2.46. The van der Waals surface area contributed by atoms with Crippen LogP contribution in [0.4, 0.5) is 4.39 Å². The van der Waals surface area contributed by atoms with Crippen LogP contribution >= 0.6 is 0 Å². The lowest BCUT2D eigenvalue weighted by atomic mass is 10.2. The zero-order chi connectivity index (χ0) is 14.4. The Kier molecular flexibility index (Phi) is 5.29. The molecule has 0 saturated carbocycles. The number of aliphatic carboxylic acids is 1. The molecule has 6 heteroatoms. The van der Waals surface area contributed by atoms with E-state index in [-0.39, 0.29) is 18.8 Å². The predicted octanol–water partition coefficient (Wildman–Crippen LogP) is 1.49. The fourth-order valence-electron chi connectivity index (χ4n) is 1.49. The van der Waals surface area contributed by atoms with Gasteiger partial charge in [-0.2, -0.15) is 0 Å². The second-order valence-corrected chi connectivity index (χ2v) is 4.29. The summed E-state index contributed by atoms with van der Waals surface area (Å²) in [7, 11) is 0. The third kappa shape index (κ3) is 5.37. The van der Waals surface area contributed by atoms with E-state index in [9.17, 15) is 14.0 Å². The lowest BCUT2D eigenvalue weighted by Gasteiger charge is -2.12. The molecule has 5 nitrogen and oxygen atoms in total. The highest BCUT2D eigenvalue weighted by molar-refractivity contribution is 5.78. The Morgan fingerprint density at radius 3 is 2.79 bits per heavy atom. The number of nitrogens with one attached hydrogen (secondary N) is 1. The molecular weight excluding hydrogens is 253 g/mol. The van der Waals surface area contributed by atoms with E-state index in [0.29, 0.717) is 0 Å². The van der Waals surface area contributed by atoms with Crippen molar-refractivity contribution in [3.05, 3.63) is 29.6 Å². The molecule has 0 bridgehead atoms. The summed E-state index contributed by atoms with van der Waals surface area (Å²) in [6, 6.07) is 3.84. The number of hydrogen-bond donors (Lipinski definition) is 2. The van der Waals surface area contributed by atoms with Crippen molar-refractivity contribution in [2.75, 3.05) is 6.61 Å². The normalized spacial score (nSPS) is 11.7. The van der Waals surface area contributed by atoms with Crippen molar-refractivity contribution in [1.29, 1.82) is 0 Å². The SMILES string of the molecule is Cc1ccc(F)c(OCC(=O)NC(C)CC(=O)O)c1. The minimum absolute atomic E-state index is 0.000961. The molecule has 0 aliphatic rings. The van der Waals surface area contributed by atoms with Gasteiger partial charge >= 0.3 is 5.97 Å². The monoisotopic (exact) mass is 269 g/mol. The van der Waals surface area contributed by atoms with Crippen LogP contribution in [-0.2, 0) is 9.59 Å². The van der Waals surface area contributed by atoms with Gasteiger partial charge in [-0.1, -0.05) is 6.07 Å². The molecule has 1 amide bonds. The van der Waals surface area contributed by atoms with Crippen LogP contribution in [0.5, 0.6) is 5.75 Å². The van der Waals surface area contributed by atoms with Gasteiger partial charge in [0, 0.05) is 6.04 Å². The van der Waals surface area contributed by atoms with E-state index in [0.717, 1.165) is 5.56 Å². The molecule has 1 unspecified atom stereocenters. The number of aryl methyl sites for hydroxylation is 1. The minimum atomic E-state index is -1.00. The van der Waals surface area contributed by atoms with E-state index in [1.54, 1.807) is 19.9 Å². The van der Waals surface area contributed by atoms with E-state index in [1.807, 2.05) is 0 Å². The number of carbonyl (C=O) groups is 2. The third-order valence-corrected chi connectivity index (χ3v) is 2.33. The van der Waals surface area contributed by atoms with Crippen LogP contribution < -0.4 is 10.1 Å². The maximum Gasteiger partial charge on any atom is 0.305 e. The van der Waals surface area contributed by atoms with Crippen molar-refractivity contribution >= 4 is 11.9 Å². The molecule has 0 spiro atoms. The first-order chi connectivity index (χ1) is 8.88. The molecule has 1 aromatic carbocycles. The number of ether oxygens (including phenoxy) is 1. The maximum atomic E-state index is 13.3. The number of carboxylic acid groups (broad SMARTS) is 1. The summed E-state index contributed by atoms with van der Waals surface area (Å²) in [5.74, 6) is -2.04. The largest absolute Gasteiger partial charge is 0.481 e. The third-order valence-electron chi connectivity index (χ3n) is 2.33. The Bertz CT molecular complexity index is 476.